The van der Waals surface area contributed by atoms with Gasteiger partial charge in [-0.15, -0.1) is 0 Å². The Morgan fingerprint density at radius 1 is 1.00 bits per heavy atom. The minimum Gasteiger partial charge on any atom is -0.298 e. The van der Waals surface area contributed by atoms with Gasteiger partial charge in [-0.3, -0.25) is 4.90 Å². The number of unbranched alkanes of at least 4 members (excludes halogenated alkanes) is 1. The zero-order valence-corrected chi connectivity index (χ0v) is 11.2. The van der Waals surface area contributed by atoms with Crippen molar-refractivity contribution < 1.29 is 0 Å². The van der Waals surface area contributed by atoms with Crippen molar-refractivity contribution in [1.29, 1.82) is 0 Å². The Morgan fingerprint density at radius 2 is 1.50 bits per heavy atom. The number of nitrogens with zero attached hydrogens (tertiary/aromatic N) is 1. The number of thiol groups is 1. The molecule has 2 heteroatoms. The maximum absolute atomic E-state index is 4.25. The summed E-state index contributed by atoms with van der Waals surface area (Å²) in [5.74, 6) is 1.02. The van der Waals surface area contributed by atoms with Gasteiger partial charge in [0.1, 0.15) is 0 Å². The fourth-order valence-electron chi connectivity index (χ4n) is 1.75. The van der Waals surface area contributed by atoms with Crippen molar-refractivity contribution in [3.8, 4) is 0 Å². The molecule has 0 aromatic rings. The molecule has 86 valence electrons. The molecule has 0 saturated heterocycles. The molecule has 0 aliphatic heterocycles. The van der Waals surface area contributed by atoms with E-state index < -0.39 is 0 Å². The molecule has 0 aromatic carbocycles. The highest BCUT2D eigenvalue weighted by Gasteiger charge is 2.16. The lowest BCUT2D eigenvalue weighted by Crippen LogP contribution is -2.40. The molecule has 0 radical (unpaired) electrons. The summed E-state index contributed by atoms with van der Waals surface area (Å²) in [5.41, 5.74) is 0. The van der Waals surface area contributed by atoms with Crippen molar-refractivity contribution in [3.05, 3.63) is 0 Å². The molecule has 2 unspecified atom stereocenters. The average molecular weight is 217 g/mol. The van der Waals surface area contributed by atoms with Gasteiger partial charge in [0.05, 0.1) is 0 Å². The van der Waals surface area contributed by atoms with E-state index in [1.54, 1.807) is 0 Å². The van der Waals surface area contributed by atoms with E-state index in [4.69, 9.17) is 0 Å². The molecule has 14 heavy (non-hydrogen) atoms. The van der Waals surface area contributed by atoms with Crippen LogP contribution in [0.4, 0.5) is 0 Å². The third-order valence-electron chi connectivity index (χ3n) is 3.14. The molecule has 0 aromatic heterocycles. The predicted octanol–water partition coefficient (Wildman–Crippen LogP) is 3.60. The van der Waals surface area contributed by atoms with E-state index in [0.717, 1.165) is 17.8 Å². The first kappa shape index (κ1) is 14.3. The van der Waals surface area contributed by atoms with Gasteiger partial charge in [0.25, 0.3) is 0 Å². The van der Waals surface area contributed by atoms with Crippen LogP contribution in [0.5, 0.6) is 0 Å². The molecule has 0 saturated carbocycles. The minimum atomic E-state index is 0.727. The predicted molar refractivity (Wildman–Crippen MR) is 69.3 cm³/mol. The quantitative estimate of drug-likeness (QED) is 0.480. The van der Waals surface area contributed by atoms with E-state index in [9.17, 15) is 0 Å². The van der Waals surface area contributed by atoms with Gasteiger partial charge in [-0.25, -0.2) is 0 Å². The molecular formula is C12H27NS. The first-order chi connectivity index (χ1) is 6.67. The van der Waals surface area contributed by atoms with Gasteiger partial charge < -0.3 is 0 Å². The molecule has 0 fully saturated rings. The minimum absolute atomic E-state index is 0.727. The molecule has 0 aliphatic rings. The highest BCUT2D eigenvalue weighted by molar-refractivity contribution is 7.80. The van der Waals surface area contributed by atoms with E-state index in [1.807, 2.05) is 0 Å². The van der Waals surface area contributed by atoms with Crippen LogP contribution in [-0.4, -0.2) is 29.3 Å². The van der Waals surface area contributed by atoms with Gasteiger partial charge in [0, 0.05) is 12.1 Å². The third-order valence-corrected chi connectivity index (χ3v) is 3.45. The Labute approximate surface area is 95.7 Å². The molecule has 0 aliphatic carbocycles. The van der Waals surface area contributed by atoms with Gasteiger partial charge >= 0.3 is 0 Å². The highest BCUT2D eigenvalue weighted by Crippen LogP contribution is 2.12. The monoisotopic (exact) mass is 217 g/mol. The summed E-state index contributed by atoms with van der Waals surface area (Å²) >= 11 is 4.25. The van der Waals surface area contributed by atoms with Crippen molar-refractivity contribution in [1.82, 2.24) is 4.90 Å². The van der Waals surface area contributed by atoms with E-state index in [1.165, 1.54) is 32.2 Å². The molecule has 0 spiro atoms. The highest BCUT2D eigenvalue weighted by atomic mass is 32.1. The summed E-state index contributed by atoms with van der Waals surface area (Å²) in [4.78, 5) is 2.64. The fraction of sp³-hybridized carbons (Fsp3) is 1.00. The second kappa shape index (κ2) is 8.60. The smallest absolute Gasteiger partial charge is 0.00671 e. The van der Waals surface area contributed by atoms with Crippen LogP contribution in [0.1, 0.15) is 53.4 Å². The number of rotatable bonds is 8. The zero-order valence-electron chi connectivity index (χ0n) is 10.3. The van der Waals surface area contributed by atoms with Crippen LogP contribution >= 0.6 is 12.6 Å². The van der Waals surface area contributed by atoms with Crippen molar-refractivity contribution >= 4 is 12.6 Å². The van der Waals surface area contributed by atoms with E-state index in [2.05, 4.69) is 45.2 Å². The maximum atomic E-state index is 4.25. The molecule has 0 heterocycles. The van der Waals surface area contributed by atoms with Crippen LogP contribution in [-0.2, 0) is 0 Å². The number of hydrogen-bond acceptors (Lipinski definition) is 2. The van der Waals surface area contributed by atoms with Crippen LogP contribution in [0.3, 0.4) is 0 Å². The lowest BCUT2D eigenvalue weighted by Gasteiger charge is -2.33. The van der Waals surface area contributed by atoms with Crippen LogP contribution in [0.25, 0.3) is 0 Å². The van der Waals surface area contributed by atoms with Crippen molar-refractivity contribution in [3.63, 3.8) is 0 Å². The van der Waals surface area contributed by atoms with Crippen LogP contribution < -0.4 is 0 Å². The van der Waals surface area contributed by atoms with Gasteiger partial charge in [-0.05, 0) is 51.8 Å². The normalized spacial score (nSPS) is 15.9. The molecule has 0 N–H and O–H groups in total. The largest absolute Gasteiger partial charge is 0.298 e. The Bertz CT molecular complexity index is 117. The first-order valence-electron chi connectivity index (χ1n) is 6.03. The Hall–Kier alpha value is 0.310. The fourth-order valence-corrected chi connectivity index (χ4v) is 1.97. The average Bonchev–Trinajstić information content (AvgIpc) is 2.22. The summed E-state index contributed by atoms with van der Waals surface area (Å²) in [6.07, 6.45) is 5.04. The van der Waals surface area contributed by atoms with Crippen LogP contribution in [0, 0.1) is 0 Å². The van der Waals surface area contributed by atoms with Crippen LogP contribution in [0.2, 0.25) is 0 Å². The zero-order chi connectivity index (χ0) is 11.0. The number of hydrogen-bond donors (Lipinski definition) is 1. The van der Waals surface area contributed by atoms with Crippen LogP contribution in [0.15, 0.2) is 0 Å². The molecule has 2 atom stereocenters. The second-order valence-corrected chi connectivity index (χ2v) is 4.63. The summed E-state index contributed by atoms with van der Waals surface area (Å²) in [7, 11) is 0. The lowest BCUT2D eigenvalue weighted by atomic mass is 10.1. The summed E-state index contributed by atoms with van der Waals surface area (Å²) in [6, 6.07) is 1.45. The second-order valence-electron chi connectivity index (χ2n) is 4.18. The summed E-state index contributed by atoms with van der Waals surface area (Å²) < 4.78 is 0. The maximum Gasteiger partial charge on any atom is 0.00671 e. The van der Waals surface area contributed by atoms with Crippen molar-refractivity contribution in [2.75, 3.05) is 12.3 Å². The lowest BCUT2D eigenvalue weighted by molar-refractivity contribution is 0.144. The first-order valence-corrected chi connectivity index (χ1v) is 6.67. The van der Waals surface area contributed by atoms with Crippen molar-refractivity contribution in [2.45, 2.75) is 65.5 Å². The Balaban J connectivity index is 3.97. The van der Waals surface area contributed by atoms with E-state index in [-0.39, 0.29) is 0 Å². The third kappa shape index (κ3) is 5.26. The van der Waals surface area contributed by atoms with E-state index >= 15 is 0 Å². The molecule has 1 nitrogen and oxygen atoms in total. The molecule has 0 bridgehead atoms. The topological polar surface area (TPSA) is 3.24 Å². The SMILES string of the molecule is CCC(C)N(CCCCS)C(C)CC. The van der Waals surface area contributed by atoms with Gasteiger partial charge in [0.2, 0.25) is 0 Å². The molecular weight excluding hydrogens is 190 g/mol. The van der Waals surface area contributed by atoms with Gasteiger partial charge in [-0.1, -0.05) is 13.8 Å². The van der Waals surface area contributed by atoms with Gasteiger partial charge in [-0.2, -0.15) is 12.6 Å². The molecule has 0 rings (SSSR count). The Morgan fingerprint density at radius 3 is 1.86 bits per heavy atom. The standard InChI is InChI=1S/C12H27NS/c1-5-11(3)13(12(4)6-2)9-7-8-10-14/h11-12,14H,5-10H2,1-4H3. The summed E-state index contributed by atoms with van der Waals surface area (Å²) in [5, 5.41) is 0. The van der Waals surface area contributed by atoms with E-state index in [0.29, 0.717) is 0 Å². The Kier molecular flexibility index (Phi) is 8.80. The van der Waals surface area contributed by atoms with Gasteiger partial charge in [0.15, 0.2) is 0 Å². The summed E-state index contributed by atoms with van der Waals surface area (Å²) in [6.45, 7) is 10.5. The van der Waals surface area contributed by atoms with Crippen molar-refractivity contribution in [2.24, 2.45) is 0 Å². The molecule has 0 amide bonds.